The molecular weight excluding hydrogens is 437 g/mol. The van der Waals surface area contributed by atoms with Crippen LogP contribution in [0.4, 0.5) is 16.2 Å². The third-order valence-corrected chi connectivity index (χ3v) is 5.61. The summed E-state index contributed by atoms with van der Waals surface area (Å²) in [5, 5.41) is 4.73. The fraction of sp³-hybridized carbons (Fsp3) is 0.278. The number of halogens is 2. The SMILES string of the molecule is Cl.O=C(NC[C@H]1CN(c2ccccc2N2CCN=CN2)C(=O)O1)c1ccc(Cl)s1. The van der Waals surface area contributed by atoms with Gasteiger partial charge in [0.15, 0.2) is 0 Å². The fourth-order valence-electron chi connectivity index (χ4n) is 3.06. The Labute approximate surface area is 182 Å². The molecule has 1 saturated heterocycles. The standard InChI is InChI=1S/C18H18ClN5O3S.ClH/c19-16-6-5-15(28-16)17(25)21-9-12-10-23(18(26)27-12)13-3-1-2-4-14(13)24-8-7-20-11-22-24;/h1-6,11-12H,7-10H2,(H,20,22)(H,21,25);1H/t12-;/m0./s1. The molecule has 11 heteroatoms. The summed E-state index contributed by atoms with van der Waals surface area (Å²) < 4.78 is 6.00. The maximum atomic E-state index is 12.4. The van der Waals surface area contributed by atoms with Gasteiger partial charge in [0.25, 0.3) is 5.91 Å². The molecule has 1 aromatic heterocycles. The van der Waals surface area contributed by atoms with Crippen LogP contribution >= 0.6 is 35.3 Å². The molecule has 3 heterocycles. The molecule has 0 aliphatic carbocycles. The van der Waals surface area contributed by atoms with Crippen molar-refractivity contribution in [3.63, 3.8) is 0 Å². The first-order valence-corrected chi connectivity index (χ1v) is 9.94. The molecule has 154 valence electrons. The highest BCUT2D eigenvalue weighted by molar-refractivity contribution is 7.18. The molecule has 0 radical (unpaired) electrons. The minimum atomic E-state index is -0.434. The van der Waals surface area contributed by atoms with Crippen molar-refractivity contribution in [2.75, 3.05) is 36.1 Å². The molecule has 0 unspecified atom stereocenters. The van der Waals surface area contributed by atoms with Gasteiger partial charge in [0.05, 0.1) is 46.8 Å². The number of hydrogen-bond donors (Lipinski definition) is 2. The first-order chi connectivity index (χ1) is 13.6. The highest BCUT2D eigenvalue weighted by Crippen LogP contribution is 2.31. The number of carbonyl (C=O) groups excluding carboxylic acids is 2. The van der Waals surface area contributed by atoms with Crippen LogP contribution in [0.25, 0.3) is 0 Å². The zero-order valence-corrected chi connectivity index (χ0v) is 17.6. The van der Waals surface area contributed by atoms with Gasteiger partial charge >= 0.3 is 6.09 Å². The third kappa shape index (κ3) is 4.75. The zero-order valence-electron chi connectivity index (χ0n) is 15.2. The number of nitrogens with one attached hydrogen (secondary N) is 2. The van der Waals surface area contributed by atoms with Crippen molar-refractivity contribution >= 4 is 65.1 Å². The summed E-state index contributed by atoms with van der Waals surface area (Å²) >= 11 is 7.07. The Morgan fingerprint density at radius 1 is 1.31 bits per heavy atom. The Morgan fingerprint density at radius 2 is 2.10 bits per heavy atom. The Morgan fingerprint density at radius 3 is 2.79 bits per heavy atom. The van der Waals surface area contributed by atoms with E-state index in [2.05, 4.69) is 15.7 Å². The molecule has 2 aromatic rings. The molecule has 1 fully saturated rings. The van der Waals surface area contributed by atoms with Crippen LogP contribution in [0.3, 0.4) is 0 Å². The molecule has 2 aliphatic rings. The van der Waals surface area contributed by atoms with Crippen LogP contribution in [0, 0.1) is 0 Å². The number of anilines is 2. The van der Waals surface area contributed by atoms with Gasteiger partial charge in [-0.3, -0.25) is 25.1 Å². The third-order valence-electron chi connectivity index (χ3n) is 4.38. The molecule has 1 aromatic carbocycles. The van der Waals surface area contributed by atoms with Crippen molar-refractivity contribution < 1.29 is 14.3 Å². The van der Waals surface area contributed by atoms with Gasteiger partial charge in [-0.2, -0.15) is 0 Å². The van der Waals surface area contributed by atoms with Gasteiger partial charge in [0, 0.05) is 0 Å². The van der Waals surface area contributed by atoms with E-state index in [1.807, 2.05) is 29.3 Å². The lowest BCUT2D eigenvalue weighted by molar-refractivity contribution is 0.0920. The summed E-state index contributed by atoms with van der Waals surface area (Å²) in [4.78, 5) is 30.9. The fourth-order valence-corrected chi connectivity index (χ4v) is 4.02. The Bertz CT molecular complexity index is 922. The predicted molar refractivity (Wildman–Crippen MR) is 117 cm³/mol. The van der Waals surface area contributed by atoms with Crippen LogP contribution < -0.4 is 20.7 Å². The Balaban J connectivity index is 0.00000240. The average molecular weight is 456 g/mol. The van der Waals surface area contributed by atoms with Gasteiger partial charge < -0.3 is 10.1 Å². The summed E-state index contributed by atoms with van der Waals surface area (Å²) in [6.07, 6.45) is 0.768. The molecule has 4 rings (SSSR count). The van der Waals surface area contributed by atoms with E-state index in [-0.39, 0.29) is 24.9 Å². The van der Waals surface area contributed by atoms with Crippen molar-refractivity contribution in [2.24, 2.45) is 4.99 Å². The number of amides is 2. The molecule has 29 heavy (non-hydrogen) atoms. The van der Waals surface area contributed by atoms with Gasteiger partial charge in [0.2, 0.25) is 0 Å². The summed E-state index contributed by atoms with van der Waals surface area (Å²) in [7, 11) is 0. The van der Waals surface area contributed by atoms with Crippen LogP contribution in [0.15, 0.2) is 41.4 Å². The van der Waals surface area contributed by atoms with Gasteiger partial charge in [-0.15, -0.1) is 23.7 Å². The zero-order chi connectivity index (χ0) is 19.5. The average Bonchev–Trinajstić information content (AvgIpc) is 3.32. The van der Waals surface area contributed by atoms with Crippen molar-refractivity contribution in [2.45, 2.75) is 6.10 Å². The molecule has 0 spiro atoms. The number of ether oxygens (including phenoxy) is 1. The van der Waals surface area contributed by atoms with E-state index in [9.17, 15) is 9.59 Å². The lowest BCUT2D eigenvalue weighted by Gasteiger charge is -2.29. The molecule has 8 nitrogen and oxygen atoms in total. The number of thiophene rings is 1. The number of para-hydroxylation sites is 2. The molecule has 2 amide bonds. The lowest BCUT2D eigenvalue weighted by Crippen LogP contribution is -2.43. The number of cyclic esters (lactones) is 1. The van der Waals surface area contributed by atoms with Crippen LogP contribution in [0.1, 0.15) is 9.67 Å². The number of rotatable bonds is 5. The quantitative estimate of drug-likeness (QED) is 0.723. The minimum Gasteiger partial charge on any atom is -0.442 e. The Kier molecular flexibility index (Phi) is 6.83. The molecular formula is C18H19Cl2N5O3S. The summed E-state index contributed by atoms with van der Waals surface area (Å²) in [6.45, 7) is 1.95. The number of hydrogen-bond acceptors (Lipinski definition) is 7. The highest BCUT2D eigenvalue weighted by Gasteiger charge is 2.34. The van der Waals surface area contributed by atoms with E-state index in [1.165, 1.54) is 11.3 Å². The first kappa shape index (κ1) is 21.2. The maximum absolute atomic E-state index is 12.4. The van der Waals surface area contributed by atoms with Crippen LogP contribution in [0.2, 0.25) is 4.34 Å². The molecule has 0 bridgehead atoms. The van der Waals surface area contributed by atoms with E-state index < -0.39 is 12.2 Å². The first-order valence-electron chi connectivity index (χ1n) is 8.74. The van der Waals surface area contributed by atoms with E-state index >= 15 is 0 Å². The number of nitrogens with zero attached hydrogens (tertiary/aromatic N) is 3. The minimum absolute atomic E-state index is 0. The van der Waals surface area contributed by atoms with E-state index in [0.29, 0.717) is 28.8 Å². The molecule has 2 aliphatic heterocycles. The van der Waals surface area contributed by atoms with Crippen LogP contribution in [0.5, 0.6) is 0 Å². The van der Waals surface area contributed by atoms with Crippen molar-refractivity contribution in [3.05, 3.63) is 45.6 Å². The highest BCUT2D eigenvalue weighted by atomic mass is 35.5. The summed E-state index contributed by atoms with van der Waals surface area (Å²) in [5.41, 5.74) is 4.69. The lowest BCUT2D eigenvalue weighted by atomic mass is 10.2. The Hall–Kier alpha value is -2.49. The van der Waals surface area contributed by atoms with Crippen molar-refractivity contribution in [1.82, 2.24) is 10.7 Å². The van der Waals surface area contributed by atoms with Gasteiger partial charge in [-0.25, -0.2) is 4.79 Å². The smallest absolute Gasteiger partial charge is 0.414 e. The van der Waals surface area contributed by atoms with E-state index in [0.717, 1.165) is 11.4 Å². The normalized spacial score (nSPS) is 18.1. The molecule has 0 saturated carbocycles. The van der Waals surface area contributed by atoms with Crippen LogP contribution in [-0.2, 0) is 4.74 Å². The number of aliphatic imine (C=N–C) groups is 1. The second-order valence-corrected chi connectivity index (χ2v) is 7.95. The summed E-state index contributed by atoms with van der Waals surface area (Å²) in [6, 6.07) is 10.9. The maximum Gasteiger partial charge on any atom is 0.414 e. The van der Waals surface area contributed by atoms with E-state index in [4.69, 9.17) is 16.3 Å². The summed E-state index contributed by atoms with van der Waals surface area (Å²) in [5.74, 6) is -0.233. The second kappa shape index (κ2) is 9.34. The predicted octanol–water partition coefficient (Wildman–Crippen LogP) is 2.93. The van der Waals surface area contributed by atoms with Crippen LogP contribution in [-0.4, -0.2) is 50.6 Å². The molecule has 2 N–H and O–H groups in total. The topological polar surface area (TPSA) is 86.3 Å². The monoisotopic (exact) mass is 455 g/mol. The van der Waals surface area contributed by atoms with Gasteiger partial charge in [0.1, 0.15) is 12.4 Å². The van der Waals surface area contributed by atoms with Crippen molar-refractivity contribution in [1.29, 1.82) is 0 Å². The number of carbonyl (C=O) groups is 2. The largest absolute Gasteiger partial charge is 0.442 e. The second-order valence-electron chi connectivity index (χ2n) is 6.23. The van der Waals surface area contributed by atoms with E-state index in [1.54, 1.807) is 23.4 Å². The molecule has 1 atom stereocenters. The number of benzene rings is 1. The van der Waals surface area contributed by atoms with Gasteiger partial charge in [-0.1, -0.05) is 23.7 Å². The van der Waals surface area contributed by atoms with Crippen molar-refractivity contribution in [3.8, 4) is 0 Å². The number of hydrazine groups is 1. The van der Waals surface area contributed by atoms with Gasteiger partial charge in [-0.05, 0) is 24.3 Å².